The van der Waals surface area contributed by atoms with E-state index in [0.717, 1.165) is 40.5 Å². The third kappa shape index (κ3) is 3.94. The monoisotopic (exact) mass is 349 g/mol. The molecule has 5 heteroatoms. The Morgan fingerprint density at radius 1 is 1.04 bits per heavy atom. The van der Waals surface area contributed by atoms with E-state index in [1.165, 1.54) is 11.8 Å². The van der Waals surface area contributed by atoms with Gasteiger partial charge in [0.05, 0.1) is 17.1 Å². The lowest BCUT2D eigenvalue weighted by Crippen LogP contribution is -2.27. The Hall–Kier alpha value is -2.53. The third-order valence-electron chi connectivity index (χ3n) is 4.07. The van der Waals surface area contributed by atoms with Gasteiger partial charge in [-0.1, -0.05) is 72.4 Å². The lowest BCUT2D eigenvalue weighted by atomic mass is 10.1. The maximum absolute atomic E-state index is 11.9. The molecule has 0 radical (unpaired) electrons. The fraction of sp³-hybridized carbons (Fsp3) is 0.200. The first-order valence-electron chi connectivity index (χ1n) is 8.42. The van der Waals surface area contributed by atoms with Crippen molar-refractivity contribution in [2.75, 3.05) is 5.75 Å². The number of carbonyl (C=O) groups is 1. The average molecular weight is 349 g/mol. The van der Waals surface area contributed by atoms with Crippen LogP contribution in [0.25, 0.3) is 22.5 Å². The number of rotatable bonds is 6. The van der Waals surface area contributed by atoms with Crippen LogP contribution < -0.4 is 5.32 Å². The summed E-state index contributed by atoms with van der Waals surface area (Å²) in [7, 11) is 0. The van der Waals surface area contributed by atoms with Crippen LogP contribution in [0.1, 0.15) is 12.8 Å². The predicted octanol–water partition coefficient (Wildman–Crippen LogP) is 4.11. The van der Waals surface area contributed by atoms with E-state index in [4.69, 9.17) is 4.98 Å². The van der Waals surface area contributed by atoms with Crippen LogP contribution in [-0.4, -0.2) is 27.7 Å². The molecule has 0 unspecified atom stereocenters. The van der Waals surface area contributed by atoms with E-state index in [9.17, 15) is 4.79 Å². The van der Waals surface area contributed by atoms with Gasteiger partial charge in [-0.15, -0.1) is 0 Å². The first-order valence-corrected chi connectivity index (χ1v) is 9.41. The number of nitrogens with one attached hydrogen (secondary N) is 2. The minimum absolute atomic E-state index is 0.0754. The Labute approximate surface area is 151 Å². The molecule has 0 atom stereocenters. The van der Waals surface area contributed by atoms with E-state index in [2.05, 4.69) is 34.6 Å². The van der Waals surface area contributed by atoms with Crippen molar-refractivity contribution < 1.29 is 4.79 Å². The molecule has 1 fully saturated rings. The van der Waals surface area contributed by atoms with Crippen LogP contribution in [0.3, 0.4) is 0 Å². The van der Waals surface area contributed by atoms with Crippen molar-refractivity contribution in [1.29, 1.82) is 0 Å². The number of benzene rings is 2. The van der Waals surface area contributed by atoms with E-state index < -0.39 is 0 Å². The van der Waals surface area contributed by atoms with Crippen molar-refractivity contribution >= 4 is 17.7 Å². The molecule has 4 nitrogen and oxygen atoms in total. The Kier molecular flexibility index (Phi) is 4.57. The van der Waals surface area contributed by atoms with Gasteiger partial charge < -0.3 is 10.3 Å². The summed E-state index contributed by atoms with van der Waals surface area (Å²) < 4.78 is 0. The molecule has 0 saturated heterocycles. The maximum Gasteiger partial charge on any atom is 0.230 e. The topological polar surface area (TPSA) is 57.8 Å². The molecule has 1 amide bonds. The number of aromatic amines is 1. The molecule has 25 heavy (non-hydrogen) atoms. The van der Waals surface area contributed by atoms with Gasteiger partial charge in [-0.2, -0.15) is 0 Å². The summed E-state index contributed by atoms with van der Waals surface area (Å²) >= 11 is 1.44. The molecule has 2 aromatic carbocycles. The summed E-state index contributed by atoms with van der Waals surface area (Å²) in [6.45, 7) is 0. The van der Waals surface area contributed by atoms with Crippen molar-refractivity contribution in [1.82, 2.24) is 15.3 Å². The predicted molar refractivity (Wildman–Crippen MR) is 101 cm³/mol. The Morgan fingerprint density at radius 2 is 1.68 bits per heavy atom. The lowest BCUT2D eigenvalue weighted by molar-refractivity contribution is -0.118. The zero-order valence-electron chi connectivity index (χ0n) is 13.7. The Balaban J connectivity index is 1.60. The third-order valence-corrected chi connectivity index (χ3v) is 4.95. The van der Waals surface area contributed by atoms with Crippen molar-refractivity contribution in [2.24, 2.45) is 0 Å². The highest BCUT2D eigenvalue weighted by Crippen LogP contribution is 2.32. The molecular weight excluding hydrogens is 330 g/mol. The second-order valence-corrected chi connectivity index (χ2v) is 7.09. The SMILES string of the molecule is O=C(CSc1nc(-c2ccccc2)c(-c2ccccc2)[nH]1)NC1CC1. The van der Waals surface area contributed by atoms with E-state index in [1.807, 2.05) is 36.4 Å². The molecule has 3 aromatic rings. The number of nitrogens with zero attached hydrogens (tertiary/aromatic N) is 1. The van der Waals surface area contributed by atoms with Crippen LogP contribution in [-0.2, 0) is 4.79 Å². The molecule has 126 valence electrons. The van der Waals surface area contributed by atoms with Crippen LogP contribution in [0.15, 0.2) is 65.8 Å². The van der Waals surface area contributed by atoms with E-state index in [0.29, 0.717) is 11.8 Å². The van der Waals surface area contributed by atoms with Crippen molar-refractivity contribution in [3.8, 4) is 22.5 Å². The molecule has 4 rings (SSSR count). The number of thioether (sulfide) groups is 1. The number of aromatic nitrogens is 2. The highest BCUT2D eigenvalue weighted by Gasteiger charge is 2.23. The number of hydrogen-bond donors (Lipinski definition) is 2. The minimum Gasteiger partial charge on any atom is -0.353 e. The first-order chi connectivity index (χ1) is 12.3. The largest absolute Gasteiger partial charge is 0.353 e. The van der Waals surface area contributed by atoms with Crippen LogP contribution in [0.4, 0.5) is 0 Å². The molecule has 0 aliphatic heterocycles. The van der Waals surface area contributed by atoms with Crippen LogP contribution in [0.5, 0.6) is 0 Å². The van der Waals surface area contributed by atoms with Crippen molar-refractivity contribution in [3.63, 3.8) is 0 Å². The van der Waals surface area contributed by atoms with Gasteiger partial charge in [-0.25, -0.2) is 4.98 Å². The number of carbonyl (C=O) groups excluding carboxylic acids is 1. The molecule has 1 aromatic heterocycles. The van der Waals surface area contributed by atoms with Gasteiger partial charge in [0.25, 0.3) is 0 Å². The minimum atomic E-state index is 0.0754. The van der Waals surface area contributed by atoms with Gasteiger partial charge in [-0.05, 0) is 12.8 Å². The standard InChI is InChI=1S/C20H19N3OS/c24-17(21-16-11-12-16)13-25-20-22-18(14-7-3-1-4-8-14)19(23-20)15-9-5-2-6-10-15/h1-10,16H,11-13H2,(H,21,24)(H,22,23). The van der Waals surface area contributed by atoms with Crippen molar-refractivity contribution in [2.45, 2.75) is 24.0 Å². The lowest BCUT2D eigenvalue weighted by Gasteiger charge is -2.02. The van der Waals surface area contributed by atoms with E-state index in [-0.39, 0.29) is 5.91 Å². The van der Waals surface area contributed by atoms with E-state index >= 15 is 0 Å². The molecular formula is C20H19N3OS. The first kappa shape index (κ1) is 16.0. The number of amides is 1. The van der Waals surface area contributed by atoms with Crippen LogP contribution >= 0.6 is 11.8 Å². The van der Waals surface area contributed by atoms with Gasteiger partial charge in [0.1, 0.15) is 0 Å². The summed E-state index contributed by atoms with van der Waals surface area (Å²) in [4.78, 5) is 20.1. The fourth-order valence-electron chi connectivity index (χ4n) is 2.67. The molecule has 1 heterocycles. The summed E-state index contributed by atoms with van der Waals surface area (Å²) in [5.74, 6) is 0.457. The van der Waals surface area contributed by atoms with Crippen LogP contribution in [0.2, 0.25) is 0 Å². The number of imidazole rings is 1. The quantitative estimate of drug-likeness (QED) is 0.658. The van der Waals surface area contributed by atoms with Gasteiger partial charge in [0.2, 0.25) is 5.91 Å². The summed E-state index contributed by atoms with van der Waals surface area (Å²) in [5, 5.41) is 3.77. The Bertz CT molecular complexity index is 800. The normalized spacial score (nSPS) is 13.6. The van der Waals surface area contributed by atoms with E-state index in [1.54, 1.807) is 0 Å². The second-order valence-electron chi connectivity index (χ2n) is 6.13. The molecule has 0 spiro atoms. The average Bonchev–Trinajstić information content (AvgIpc) is 3.36. The van der Waals surface area contributed by atoms with Gasteiger partial charge in [0, 0.05) is 17.2 Å². The molecule has 1 aliphatic carbocycles. The number of H-pyrrole nitrogens is 1. The second kappa shape index (κ2) is 7.15. The maximum atomic E-state index is 11.9. The fourth-order valence-corrected chi connectivity index (χ4v) is 3.35. The highest BCUT2D eigenvalue weighted by atomic mass is 32.2. The summed E-state index contributed by atoms with van der Waals surface area (Å²) in [6.07, 6.45) is 2.21. The van der Waals surface area contributed by atoms with Crippen LogP contribution in [0, 0.1) is 0 Å². The summed E-state index contributed by atoms with van der Waals surface area (Å²) in [6, 6.07) is 20.7. The number of hydrogen-bond acceptors (Lipinski definition) is 3. The van der Waals surface area contributed by atoms with Gasteiger partial charge in [-0.3, -0.25) is 4.79 Å². The Morgan fingerprint density at radius 3 is 2.32 bits per heavy atom. The zero-order chi connectivity index (χ0) is 17.1. The highest BCUT2D eigenvalue weighted by molar-refractivity contribution is 7.99. The molecule has 1 aliphatic rings. The molecule has 2 N–H and O–H groups in total. The molecule has 1 saturated carbocycles. The summed E-state index contributed by atoms with van der Waals surface area (Å²) in [5.41, 5.74) is 4.05. The van der Waals surface area contributed by atoms with Crippen molar-refractivity contribution in [3.05, 3.63) is 60.7 Å². The molecule has 0 bridgehead atoms. The van der Waals surface area contributed by atoms with Gasteiger partial charge >= 0.3 is 0 Å². The zero-order valence-corrected chi connectivity index (χ0v) is 14.6. The van der Waals surface area contributed by atoms with Gasteiger partial charge in [0.15, 0.2) is 5.16 Å². The smallest absolute Gasteiger partial charge is 0.230 e.